The molecule has 0 saturated carbocycles. The molecule has 2 rings (SSSR count). The SMILES string of the molecule is CC1CC(C)N(c2ccc(CO)cc2)C1. The summed E-state index contributed by atoms with van der Waals surface area (Å²) in [7, 11) is 0. The highest BCUT2D eigenvalue weighted by molar-refractivity contribution is 5.49. The monoisotopic (exact) mass is 205 g/mol. The normalized spacial score (nSPS) is 25.9. The first-order valence-corrected chi connectivity index (χ1v) is 5.67. The lowest BCUT2D eigenvalue weighted by Crippen LogP contribution is -2.26. The third kappa shape index (κ3) is 2.15. The van der Waals surface area contributed by atoms with Gasteiger partial charge in [0.1, 0.15) is 0 Å². The minimum atomic E-state index is 0.131. The molecule has 1 aromatic carbocycles. The minimum absolute atomic E-state index is 0.131. The van der Waals surface area contributed by atoms with E-state index in [1.54, 1.807) is 0 Å². The minimum Gasteiger partial charge on any atom is -0.392 e. The topological polar surface area (TPSA) is 23.5 Å². The molecule has 2 atom stereocenters. The summed E-state index contributed by atoms with van der Waals surface area (Å²) < 4.78 is 0. The van der Waals surface area contributed by atoms with Gasteiger partial charge in [-0.2, -0.15) is 0 Å². The maximum absolute atomic E-state index is 8.97. The van der Waals surface area contributed by atoms with Crippen molar-refractivity contribution in [2.45, 2.75) is 32.9 Å². The number of aliphatic hydroxyl groups is 1. The van der Waals surface area contributed by atoms with Crippen molar-refractivity contribution in [3.8, 4) is 0 Å². The molecule has 0 aromatic heterocycles. The summed E-state index contributed by atoms with van der Waals surface area (Å²) in [6, 6.07) is 8.87. The van der Waals surface area contributed by atoms with E-state index in [0.29, 0.717) is 6.04 Å². The van der Waals surface area contributed by atoms with Crippen molar-refractivity contribution in [1.29, 1.82) is 0 Å². The molecule has 2 unspecified atom stereocenters. The van der Waals surface area contributed by atoms with Gasteiger partial charge in [0.15, 0.2) is 0 Å². The number of hydrogen-bond acceptors (Lipinski definition) is 2. The molecule has 82 valence electrons. The van der Waals surface area contributed by atoms with Gasteiger partial charge in [-0.05, 0) is 37.0 Å². The third-order valence-electron chi connectivity index (χ3n) is 3.23. The van der Waals surface area contributed by atoms with Gasteiger partial charge in [0.25, 0.3) is 0 Å². The van der Waals surface area contributed by atoms with E-state index in [1.807, 2.05) is 12.1 Å². The van der Waals surface area contributed by atoms with Crippen LogP contribution in [-0.2, 0) is 6.61 Å². The Labute approximate surface area is 91.5 Å². The van der Waals surface area contributed by atoms with E-state index in [-0.39, 0.29) is 6.61 Å². The zero-order valence-corrected chi connectivity index (χ0v) is 9.48. The second-order valence-corrected chi connectivity index (χ2v) is 4.67. The van der Waals surface area contributed by atoms with Crippen molar-refractivity contribution in [2.75, 3.05) is 11.4 Å². The molecule has 1 fully saturated rings. The van der Waals surface area contributed by atoms with Crippen molar-refractivity contribution in [3.63, 3.8) is 0 Å². The van der Waals surface area contributed by atoms with E-state index in [1.165, 1.54) is 12.1 Å². The van der Waals surface area contributed by atoms with Crippen molar-refractivity contribution in [2.24, 2.45) is 5.92 Å². The van der Waals surface area contributed by atoms with Gasteiger partial charge in [0, 0.05) is 18.3 Å². The van der Waals surface area contributed by atoms with E-state index in [2.05, 4.69) is 30.9 Å². The van der Waals surface area contributed by atoms with Crippen LogP contribution in [0.2, 0.25) is 0 Å². The lowest BCUT2D eigenvalue weighted by atomic mass is 10.1. The molecule has 0 bridgehead atoms. The smallest absolute Gasteiger partial charge is 0.0681 e. The first-order chi connectivity index (χ1) is 7.20. The van der Waals surface area contributed by atoms with Crippen molar-refractivity contribution >= 4 is 5.69 Å². The molecular formula is C13H19NO. The van der Waals surface area contributed by atoms with Gasteiger partial charge >= 0.3 is 0 Å². The number of nitrogens with zero attached hydrogens (tertiary/aromatic N) is 1. The predicted octanol–water partition coefficient (Wildman–Crippen LogP) is 2.41. The molecule has 0 spiro atoms. The highest BCUT2D eigenvalue weighted by Gasteiger charge is 2.25. The number of hydrogen-bond donors (Lipinski definition) is 1. The first-order valence-electron chi connectivity index (χ1n) is 5.67. The molecule has 1 saturated heterocycles. The zero-order valence-electron chi connectivity index (χ0n) is 9.48. The van der Waals surface area contributed by atoms with Crippen molar-refractivity contribution in [1.82, 2.24) is 0 Å². The summed E-state index contributed by atoms with van der Waals surface area (Å²) in [5, 5.41) is 8.97. The average Bonchev–Trinajstić information content (AvgIpc) is 2.58. The summed E-state index contributed by atoms with van der Waals surface area (Å²) >= 11 is 0. The lowest BCUT2D eigenvalue weighted by molar-refractivity contribution is 0.282. The summed E-state index contributed by atoms with van der Waals surface area (Å²) in [4.78, 5) is 2.45. The molecule has 1 aliphatic heterocycles. The number of benzene rings is 1. The summed E-state index contributed by atoms with van der Waals surface area (Å²) in [6.45, 7) is 5.87. The van der Waals surface area contributed by atoms with Crippen LogP contribution in [0.15, 0.2) is 24.3 Å². The van der Waals surface area contributed by atoms with E-state index in [9.17, 15) is 0 Å². The maximum atomic E-state index is 8.97. The lowest BCUT2D eigenvalue weighted by Gasteiger charge is -2.24. The largest absolute Gasteiger partial charge is 0.392 e. The van der Waals surface area contributed by atoms with Gasteiger partial charge < -0.3 is 10.0 Å². The van der Waals surface area contributed by atoms with E-state index >= 15 is 0 Å². The fraction of sp³-hybridized carbons (Fsp3) is 0.538. The van der Waals surface area contributed by atoms with Crippen LogP contribution in [0.25, 0.3) is 0 Å². The molecule has 0 amide bonds. The second-order valence-electron chi connectivity index (χ2n) is 4.67. The Hall–Kier alpha value is -1.02. The fourth-order valence-electron chi connectivity index (χ4n) is 2.45. The van der Waals surface area contributed by atoms with Crippen LogP contribution in [0.5, 0.6) is 0 Å². The van der Waals surface area contributed by atoms with Gasteiger partial charge in [-0.1, -0.05) is 19.1 Å². The van der Waals surface area contributed by atoms with Crippen LogP contribution in [0.1, 0.15) is 25.8 Å². The molecule has 15 heavy (non-hydrogen) atoms. The second kappa shape index (κ2) is 4.23. The molecule has 2 nitrogen and oxygen atoms in total. The first kappa shape index (κ1) is 10.5. The zero-order chi connectivity index (χ0) is 10.8. The molecule has 2 heteroatoms. The molecule has 1 aromatic rings. The quantitative estimate of drug-likeness (QED) is 0.801. The van der Waals surface area contributed by atoms with Crippen molar-refractivity contribution < 1.29 is 5.11 Å². The number of aliphatic hydroxyl groups excluding tert-OH is 1. The van der Waals surface area contributed by atoms with E-state index in [4.69, 9.17) is 5.11 Å². The van der Waals surface area contributed by atoms with Crippen LogP contribution in [0.3, 0.4) is 0 Å². The predicted molar refractivity (Wildman–Crippen MR) is 63.0 cm³/mol. The Morgan fingerprint density at radius 1 is 1.27 bits per heavy atom. The fourth-order valence-corrected chi connectivity index (χ4v) is 2.45. The Morgan fingerprint density at radius 2 is 1.93 bits per heavy atom. The molecule has 0 radical (unpaired) electrons. The van der Waals surface area contributed by atoms with Gasteiger partial charge in [0.05, 0.1) is 6.61 Å². The average molecular weight is 205 g/mol. The summed E-state index contributed by atoms with van der Waals surface area (Å²) in [6.07, 6.45) is 1.28. The number of rotatable bonds is 2. The van der Waals surface area contributed by atoms with Crippen LogP contribution < -0.4 is 4.90 Å². The van der Waals surface area contributed by atoms with Gasteiger partial charge in [-0.25, -0.2) is 0 Å². The maximum Gasteiger partial charge on any atom is 0.0681 e. The van der Waals surface area contributed by atoms with Crippen LogP contribution >= 0.6 is 0 Å². The van der Waals surface area contributed by atoms with Gasteiger partial charge in [-0.3, -0.25) is 0 Å². The molecule has 1 aliphatic rings. The molecule has 1 heterocycles. The highest BCUT2D eigenvalue weighted by atomic mass is 16.3. The summed E-state index contributed by atoms with van der Waals surface area (Å²) in [5.74, 6) is 0.789. The molecule has 0 aliphatic carbocycles. The van der Waals surface area contributed by atoms with Crippen LogP contribution in [0, 0.1) is 5.92 Å². The standard InChI is InChI=1S/C13H19NO/c1-10-7-11(2)14(8-10)13-5-3-12(9-15)4-6-13/h3-6,10-11,15H,7-9H2,1-2H3. The Kier molecular flexibility index (Phi) is 2.96. The van der Waals surface area contributed by atoms with Gasteiger partial charge in [-0.15, -0.1) is 0 Å². The van der Waals surface area contributed by atoms with Crippen LogP contribution in [0.4, 0.5) is 5.69 Å². The molecule has 1 N–H and O–H groups in total. The third-order valence-corrected chi connectivity index (χ3v) is 3.23. The van der Waals surface area contributed by atoms with Gasteiger partial charge in [0.2, 0.25) is 0 Å². The van der Waals surface area contributed by atoms with Crippen LogP contribution in [-0.4, -0.2) is 17.7 Å². The Balaban J connectivity index is 2.15. The highest BCUT2D eigenvalue weighted by Crippen LogP contribution is 2.28. The Morgan fingerprint density at radius 3 is 2.40 bits per heavy atom. The Bertz CT molecular complexity index is 320. The molecular weight excluding hydrogens is 186 g/mol. The van der Waals surface area contributed by atoms with E-state index in [0.717, 1.165) is 18.0 Å². The van der Waals surface area contributed by atoms with E-state index < -0.39 is 0 Å². The van der Waals surface area contributed by atoms with Crippen molar-refractivity contribution in [3.05, 3.63) is 29.8 Å². The summed E-state index contributed by atoms with van der Waals surface area (Å²) in [5.41, 5.74) is 2.27. The number of anilines is 1.